The first-order valence-electron chi connectivity index (χ1n) is 10.3. The summed E-state index contributed by atoms with van der Waals surface area (Å²) < 4.78 is 12.7. The number of nitrogens with zero attached hydrogens (tertiary/aromatic N) is 2. The minimum absolute atomic E-state index is 0.269. The van der Waals surface area contributed by atoms with Gasteiger partial charge in [-0.15, -0.1) is 0 Å². The minimum Gasteiger partial charge on any atom is -0.497 e. The van der Waals surface area contributed by atoms with Crippen LogP contribution < -0.4 is 26.0 Å². The van der Waals surface area contributed by atoms with Crippen LogP contribution in [0, 0.1) is 6.92 Å². The van der Waals surface area contributed by atoms with Crippen molar-refractivity contribution in [2.75, 3.05) is 19.5 Å². The third kappa shape index (κ3) is 4.36. The van der Waals surface area contributed by atoms with Gasteiger partial charge in [0.05, 0.1) is 30.8 Å². The van der Waals surface area contributed by atoms with Gasteiger partial charge in [0, 0.05) is 11.8 Å². The lowest BCUT2D eigenvalue weighted by Gasteiger charge is -2.15. The molecule has 8 nitrogen and oxygen atoms in total. The summed E-state index contributed by atoms with van der Waals surface area (Å²) in [5, 5.41) is 3.12. The van der Waals surface area contributed by atoms with Crippen molar-refractivity contribution < 1.29 is 14.3 Å². The second-order valence-corrected chi connectivity index (χ2v) is 7.51. The first-order valence-corrected chi connectivity index (χ1v) is 10.3. The van der Waals surface area contributed by atoms with Crippen molar-refractivity contribution in [3.8, 4) is 17.2 Å². The number of aromatic nitrogens is 2. The standard InChI is InChI=1S/C25H23N3O5/c1-16-7-12-22-21(13-16)24(30)28(18-5-4-6-20(14-18)33-3)25(31)27(22)15-23(29)26-17-8-10-19(32-2)11-9-17/h4-14H,15H2,1-3H3,(H,26,29). The van der Waals surface area contributed by atoms with E-state index in [1.165, 1.54) is 11.7 Å². The molecule has 4 aromatic rings. The molecule has 0 saturated carbocycles. The molecule has 168 valence electrons. The summed E-state index contributed by atoms with van der Waals surface area (Å²) in [5.74, 6) is 0.767. The molecule has 1 amide bonds. The maximum absolute atomic E-state index is 13.4. The van der Waals surface area contributed by atoms with Crippen molar-refractivity contribution in [3.05, 3.63) is 93.1 Å². The number of benzene rings is 3. The van der Waals surface area contributed by atoms with Crippen molar-refractivity contribution in [1.82, 2.24) is 9.13 Å². The smallest absolute Gasteiger partial charge is 0.336 e. The van der Waals surface area contributed by atoms with E-state index in [9.17, 15) is 14.4 Å². The van der Waals surface area contributed by atoms with Gasteiger partial charge in [0.1, 0.15) is 18.0 Å². The Morgan fingerprint density at radius 2 is 1.64 bits per heavy atom. The van der Waals surface area contributed by atoms with Crippen LogP contribution in [0.15, 0.2) is 76.3 Å². The van der Waals surface area contributed by atoms with Gasteiger partial charge in [0.2, 0.25) is 5.91 Å². The number of aryl methyl sites for hydroxylation is 1. The van der Waals surface area contributed by atoms with Crippen LogP contribution in [-0.2, 0) is 11.3 Å². The molecule has 0 atom stereocenters. The van der Waals surface area contributed by atoms with Crippen LogP contribution in [0.2, 0.25) is 0 Å². The summed E-state index contributed by atoms with van der Waals surface area (Å²) in [6.45, 7) is 1.59. The highest BCUT2D eigenvalue weighted by atomic mass is 16.5. The molecule has 0 aliphatic rings. The Morgan fingerprint density at radius 1 is 0.909 bits per heavy atom. The van der Waals surface area contributed by atoms with E-state index in [1.807, 2.05) is 6.92 Å². The lowest BCUT2D eigenvalue weighted by Crippen LogP contribution is -2.40. The van der Waals surface area contributed by atoms with Crippen LogP contribution in [0.5, 0.6) is 11.5 Å². The second kappa shape index (κ2) is 9.04. The predicted octanol–water partition coefficient (Wildman–Crippen LogP) is 3.12. The third-order valence-corrected chi connectivity index (χ3v) is 5.29. The Kier molecular flexibility index (Phi) is 5.99. The molecule has 0 spiro atoms. The highest BCUT2D eigenvalue weighted by Crippen LogP contribution is 2.18. The summed E-state index contributed by atoms with van der Waals surface area (Å²) in [6, 6.07) is 18.7. The highest BCUT2D eigenvalue weighted by molar-refractivity contribution is 5.91. The summed E-state index contributed by atoms with van der Waals surface area (Å²) in [4.78, 5) is 39.6. The number of methoxy groups -OCH3 is 2. The Bertz CT molecular complexity index is 1450. The lowest BCUT2D eigenvalue weighted by atomic mass is 10.1. The predicted molar refractivity (Wildman–Crippen MR) is 127 cm³/mol. The van der Waals surface area contributed by atoms with E-state index in [0.29, 0.717) is 33.8 Å². The monoisotopic (exact) mass is 445 g/mol. The Balaban J connectivity index is 1.82. The summed E-state index contributed by atoms with van der Waals surface area (Å²) in [6.07, 6.45) is 0. The average molecular weight is 445 g/mol. The fourth-order valence-electron chi connectivity index (χ4n) is 3.64. The van der Waals surface area contributed by atoms with Crippen molar-refractivity contribution >= 4 is 22.5 Å². The lowest BCUT2D eigenvalue weighted by molar-refractivity contribution is -0.116. The Morgan fingerprint density at radius 3 is 2.33 bits per heavy atom. The molecule has 0 aliphatic heterocycles. The molecule has 1 N–H and O–H groups in total. The Labute approximate surface area is 189 Å². The van der Waals surface area contributed by atoms with Crippen LogP contribution in [0.1, 0.15) is 5.56 Å². The van der Waals surface area contributed by atoms with E-state index in [2.05, 4.69) is 5.32 Å². The van der Waals surface area contributed by atoms with Crippen molar-refractivity contribution in [2.45, 2.75) is 13.5 Å². The molecule has 0 unspecified atom stereocenters. The molecule has 3 aromatic carbocycles. The first-order chi connectivity index (χ1) is 15.9. The molecular formula is C25H23N3O5. The van der Waals surface area contributed by atoms with Crippen LogP contribution in [0.3, 0.4) is 0 Å². The number of anilines is 1. The molecule has 1 heterocycles. The van der Waals surface area contributed by atoms with Gasteiger partial charge in [-0.3, -0.25) is 14.2 Å². The summed E-state index contributed by atoms with van der Waals surface area (Å²) in [5.41, 5.74) is 1.10. The van der Waals surface area contributed by atoms with Gasteiger partial charge in [-0.25, -0.2) is 9.36 Å². The normalized spacial score (nSPS) is 10.8. The number of fused-ring (bicyclic) bond motifs is 1. The van der Waals surface area contributed by atoms with E-state index in [1.54, 1.807) is 73.8 Å². The van der Waals surface area contributed by atoms with Crippen LogP contribution in [0.4, 0.5) is 5.69 Å². The number of ether oxygens (including phenoxy) is 2. The molecule has 0 saturated heterocycles. The fourth-order valence-corrected chi connectivity index (χ4v) is 3.64. The van der Waals surface area contributed by atoms with Gasteiger partial charge in [0.25, 0.3) is 5.56 Å². The quantitative estimate of drug-likeness (QED) is 0.492. The number of rotatable bonds is 6. The molecule has 4 rings (SSSR count). The van der Waals surface area contributed by atoms with E-state index in [0.717, 1.165) is 10.1 Å². The fraction of sp³-hybridized carbons (Fsp3) is 0.160. The van der Waals surface area contributed by atoms with E-state index in [4.69, 9.17) is 9.47 Å². The number of hydrogen-bond acceptors (Lipinski definition) is 5. The summed E-state index contributed by atoms with van der Waals surface area (Å²) in [7, 11) is 3.07. The zero-order chi connectivity index (χ0) is 23.5. The summed E-state index contributed by atoms with van der Waals surface area (Å²) >= 11 is 0. The first kappa shape index (κ1) is 21.9. The van der Waals surface area contributed by atoms with Gasteiger partial charge in [-0.05, 0) is 55.5 Å². The maximum Gasteiger partial charge on any atom is 0.336 e. The molecule has 0 aliphatic carbocycles. The minimum atomic E-state index is -0.616. The second-order valence-electron chi connectivity index (χ2n) is 7.51. The van der Waals surface area contributed by atoms with Gasteiger partial charge in [0.15, 0.2) is 0 Å². The Hall–Kier alpha value is -4.33. The highest BCUT2D eigenvalue weighted by Gasteiger charge is 2.17. The third-order valence-electron chi connectivity index (χ3n) is 5.29. The van der Waals surface area contributed by atoms with E-state index < -0.39 is 17.2 Å². The van der Waals surface area contributed by atoms with Gasteiger partial charge in [-0.2, -0.15) is 0 Å². The number of hydrogen-bond donors (Lipinski definition) is 1. The van der Waals surface area contributed by atoms with Gasteiger partial charge in [-0.1, -0.05) is 17.7 Å². The van der Waals surface area contributed by atoms with Crippen LogP contribution in [-0.4, -0.2) is 29.3 Å². The molecule has 0 radical (unpaired) electrons. The number of carbonyl (C=O) groups excluding carboxylic acids is 1. The zero-order valence-corrected chi connectivity index (χ0v) is 18.5. The van der Waals surface area contributed by atoms with Gasteiger partial charge >= 0.3 is 5.69 Å². The average Bonchev–Trinajstić information content (AvgIpc) is 2.82. The number of nitrogens with one attached hydrogen (secondary N) is 1. The largest absolute Gasteiger partial charge is 0.497 e. The van der Waals surface area contributed by atoms with Crippen LogP contribution >= 0.6 is 0 Å². The van der Waals surface area contributed by atoms with Crippen LogP contribution in [0.25, 0.3) is 16.6 Å². The maximum atomic E-state index is 13.4. The van der Waals surface area contributed by atoms with Crippen molar-refractivity contribution in [3.63, 3.8) is 0 Å². The van der Waals surface area contributed by atoms with Gasteiger partial charge < -0.3 is 14.8 Å². The number of carbonyl (C=O) groups is 1. The SMILES string of the molecule is COc1ccc(NC(=O)Cn2c(=O)n(-c3cccc(OC)c3)c(=O)c3cc(C)ccc32)cc1. The molecule has 1 aromatic heterocycles. The molecular weight excluding hydrogens is 422 g/mol. The van der Waals surface area contributed by atoms with Crippen molar-refractivity contribution in [2.24, 2.45) is 0 Å². The topological polar surface area (TPSA) is 91.6 Å². The zero-order valence-electron chi connectivity index (χ0n) is 18.5. The molecule has 8 heteroatoms. The number of amides is 1. The molecule has 0 fully saturated rings. The van der Waals surface area contributed by atoms with E-state index in [-0.39, 0.29) is 6.54 Å². The molecule has 33 heavy (non-hydrogen) atoms. The molecule has 0 bridgehead atoms. The van der Waals surface area contributed by atoms with Crippen molar-refractivity contribution in [1.29, 1.82) is 0 Å². The van der Waals surface area contributed by atoms with E-state index >= 15 is 0 Å².